The third kappa shape index (κ3) is 2.87. The Morgan fingerprint density at radius 2 is 2.18 bits per heavy atom. The van der Waals surface area contributed by atoms with Crippen LogP contribution in [0.25, 0.3) is 0 Å². The maximum atomic E-state index is 10.4. The fourth-order valence-corrected chi connectivity index (χ4v) is 1.72. The summed E-state index contributed by atoms with van der Waals surface area (Å²) in [5.74, 6) is -0.391. The van der Waals surface area contributed by atoms with E-state index in [2.05, 4.69) is 4.84 Å². The number of ether oxygens (including phenoxy) is 1. The van der Waals surface area contributed by atoms with Gasteiger partial charge in [0.15, 0.2) is 0 Å². The van der Waals surface area contributed by atoms with Gasteiger partial charge in [0.05, 0.1) is 16.6 Å². The van der Waals surface area contributed by atoms with Gasteiger partial charge in [0.25, 0.3) is 0 Å². The molecule has 1 amide bonds. The summed E-state index contributed by atoms with van der Waals surface area (Å²) in [6.07, 6.45) is -1.12. The van der Waals surface area contributed by atoms with Crippen molar-refractivity contribution < 1.29 is 19.5 Å². The Kier molecular flexibility index (Phi) is 4.83. The number of hydroxylamine groups is 2. The van der Waals surface area contributed by atoms with Crippen molar-refractivity contribution >= 4 is 15.6 Å². The highest BCUT2D eigenvalue weighted by molar-refractivity contribution is 6.35. The van der Waals surface area contributed by atoms with Crippen molar-refractivity contribution in [2.45, 2.75) is 12.4 Å². The molecule has 1 unspecified atom stereocenters. The maximum absolute atomic E-state index is 10.4. The van der Waals surface area contributed by atoms with Gasteiger partial charge in [0, 0.05) is 7.11 Å². The number of amides is 1. The van der Waals surface area contributed by atoms with Crippen LogP contribution >= 0.6 is 0 Å². The summed E-state index contributed by atoms with van der Waals surface area (Å²) in [5.41, 5.74) is 0. The molecule has 0 heterocycles. The fourth-order valence-electron chi connectivity index (χ4n) is 0.747. The maximum Gasteiger partial charge on any atom is 0.433 e. The number of hydrogen-bond donors (Lipinski definition) is 1. The van der Waals surface area contributed by atoms with Crippen LogP contribution < -0.4 is 0 Å². The zero-order chi connectivity index (χ0) is 8.85. The summed E-state index contributed by atoms with van der Waals surface area (Å²) >= 11 is 0. The number of carbonyl (C=O) groups is 1. The quantitative estimate of drug-likeness (QED) is 0.365. The number of rotatable bonds is 4. The molecule has 0 aromatic carbocycles. The summed E-state index contributed by atoms with van der Waals surface area (Å²) in [6.45, 7) is 1.95. The van der Waals surface area contributed by atoms with Gasteiger partial charge >= 0.3 is 6.09 Å². The minimum Gasteiger partial charge on any atom is -0.463 e. The lowest BCUT2D eigenvalue weighted by Gasteiger charge is -2.23. The molecule has 0 saturated heterocycles. The van der Waals surface area contributed by atoms with Gasteiger partial charge in [-0.25, -0.2) is 4.79 Å². The summed E-state index contributed by atoms with van der Waals surface area (Å²) in [6, 6.07) is 0. The Hall–Kier alpha value is -0.593. The van der Waals surface area contributed by atoms with Gasteiger partial charge in [-0.05, 0) is 0 Å². The van der Waals surface area contributed by atoms with Crippen molar-refractivity contribution in [2.24, 2.45) is 0 Å². The zero-order valence-corrected chi connectivity index (χ0v) is 8.32. The molecule has 0 aliphatic rings. The molecule has 0 aromatic heterocycles. The Labute approximate surface area is 67.7 Å². The number of methoxy groups -OCH3 is 1. The van der Waals surface area contributed by atoms with Crippen molar-refractivity contribution in [3.8, 4) is 0 Å². The molecular formula is C5H13NO4Si. The predicted octanol–water partition coefficient (Wildman–Crippen LogP) is -0.325. The van der Waals surface area contributed by atoms with Crippen LogP contribution in [0, 0.1) is 0 Å². The highest BCUT2D eigenvalue weighted by atomic mass is 28.2. The van der Waals surface area contributed by atoms with Crippen LogP contribution in [0.4, 0.5) is 4.79 Å². The number of nitrogens with zero attached hydrogens (tertiary/aromatic N) is 1. The smallest absolute Gasteiger partial charge is 0.433 e. The standard InChI is InChI=1S/C5H13NO4Si/c1-9-5(11-3)6(10-2)4(7)8/h5H,11H2,1-3H3,(H,7,8). The first kappa shape index (κ1) is 10.4. The average Bonchev–Trinajstić information content (AvgIpc) is 1.99. The lowest BCUT2D eigenvalue weighted by molar-refractivity contribution is -0.171. The third-order valence-corrected chi connectivity index (χ3v) is 2.63. The van der Waals surface area contributed by atoms with Gasteiger partial charge in [0.1, 0.15) is 5.85 Å². The van der Waals surface area contributed by atoms with E-state index in [1.165, 1.54) is 14.2 Å². The molecule has 0 spiro atoms. The van der Waals surface area contributed by atoms with Crippen molar-refractivity contribution in [1.29, 1.82) is 0 Å². The van der Waals surface area contributed by atoms with E-state index in [4.69, 9.17) is 9.84 Å². The minimum atomic E-state index is -1.12. The monoisotopic (exact) mass is 179 g/mol. The lowest BCUT2D eigenvalue weighted by Crippen LogP contribution is -2.42. The molecule has 1 atom stereocenters. The number of carboxylic acid groups (broad SMARTS) is 1. The van der Waals surface area contributed by atoms with E-state index in [0.29, 0.717) is 0 Å². The van der Waals surface area contributed by atoms with Gasteiger partial charge in [-0.1, -0.05) is 6.55 Å². The molecule has 0 aliphatic carbocycles. The predicted molar refractivity (Wildman–Crippen MR) is 42.1 cm³/mol. The molecule has 0 aliphatic heterocycles. The summed E-state index contributed by atoms with van der Waals surface area (Å²) in [4.78, 5) is 15.0. The normalized spacial score (nSPS) is 13.7. The molecule has 6 heteroatoms. The van der Waals surface area contributed by atoms with E-state index in [0.717, 1.165) is 5.06 Å². The Balaban J connectivity index is 4.09. The Bertz CT molecular complexity index is 128. The van der Waals surface area contributed by atoms with Gasteiger partial charge in [-0.2, -0.15) is 5.06 Å². The first-order chi connectivity index (χ1) is 5.17. The van der Waals surface area contributed by atoms with E-state index in [9.17, 15) is 4.79 Å². The first-order valence-corrected chi connectivity index (χ1v) is 5.49. The molecule has 1 N–H and O–H groups in total. The van der Waals surface area contributed by atoms with Crippen molar-refractivity contribution in [3.63, 3.8) is 0 Å². The molecule has 0 fully saturated rings. The molecule has 11 heavy (non-hydrogen) atoms. The first-order valence-electron chi connectivity index (χ1n) is 3.26. The Morgan fingerprint density at radius 1 is 1.64 bits per heavy atom. The largest absolute Gasteiger partial charge is 0.463 e. The summed E-state index contributed by atoms with van der Waals surface area (Å²) in [5, 5.41) is 9.37. The lowest BCUT2D eigenvalue weighted by atomic mass is 11.0. The van der Waals surface area contributed by atoms with Gasteiger partial charge in [0.2, 0.25) is 0 Å². The van der Waals surface area contributed by atoms with E-state index in [-0.39, 0.29) is 0 Å². The molecule has 0 radical (unpaired) electrons. The van der Waals surface area contributed by atoms with Crippen LogP contribution in [0.2, 0.25) is 6.55 Å². The molecule has 0 bridgehead atoms. The van der Waals surface area contributed by atoms with Gasteiger partial charge < -0.3 is 9.84 Å². The average molecular weight is 179 g/mol. The van der Waals surface area contributed by atoms with Crippen molar-refractivity contribution in [3.05, 3.63) is 0 Å². The SMILES string of the molecule is COC([SiH2]C)N(OC)C(=O)O. The summed E-state index contributed by atoms with van der Waals surface area (Å²) in [7, 11) is 2.20. The molecule has 0 rings (SSSR count). The molecular weight excluding hydrogens is 166 g/mol. The Morgan fingerprint density at radius 3 is 2.27 bits per heavy atom. The van der Waals surface area contributed by atoms with E-state index < -0.39 is 21.5 Å². The van der Waals surface area contributed by atoms with Crippen LogP contribution in [-0.4, -0.2) is 45.9 Å². The van der Waals surface area contributed by atoms with E-state index in [1.807, 2.05) is 6.55 Å². The van der Waals surface area contributed by atoms with Crippen LogP contribution in [0.15, 0.2) is 0 Å². The van der Waals surface area contributed by atoms with Crippen LogP contribution in [-0.2, 0) is 9.57 Å². The topological polar surface area (TPSA) is 59.0 Å². The third-order valence-electron chi connectivity index (χ3n) is 1.27. The zero-order valence-electron chi connectivity index (χ0n) is 6.90. The van der Waals surface area contributed by atoms with Crippen molar-refractivity contribution in [2.75, 3.05) is 14.2 Å². The van der Waals surface area contributed by atoms with Gasteiger partial charge in [-0.3, -0.25) is 4.84 Å². The van der Waals surface area contributed by atoms with Gasteiger partial charge in [-0.15, -0.1) is 0 Å². The minimum absolute atomic E-state index is 0.391. The second-order valence-corrected chi connectivity index (χ2v) is 3.40. The van der Waals surface area contributed by atoms with Crippen LogP contribution in [0.3, 0.4) is 0 Å². The molecule has 0 saturated carbocycles. The highest BCUT2D eigenvalue weighted by Gasteiger charge is 2.20. The highest BCUT2D eigenvalue weighted by Crippen LogP contribution is 1.99. The number of hydrogen-bond acceptors (Lipinski definition) is 3. The second-order valence-electron chi connectivity index (χ2n) is 1.89. The fraction of sp³-hybridized carbons (Fsp3) is 0.800. The van der Waals surface area contributed by atoms with Crippen LogP contribution in [0.5, 0.6) is 0 Å². The summed E-state index contributed by atoms with van der Waals surface area (Å²) < 4.78 is 4.90. The second kappa shape index (κ2) is 5.11. The van der Waals surface area contributed by atoms with Crippen LogP contribution in [0.1, 0.15) is 0 Å². The van der Waals surface area contributed by atoms with E-state index in [1.54, 1.807) is 0 Å². The molecule has 5 nitrogen and oxygen atoms in total. The van der Waals surface area contributed by atoms with Crippen molar-refractivity contribution in [1.82, 2.24) is 5.06 Å². The molecule has 66 valence electrons. The van der Waals surface area contributed by atoms with E-state index >= 15 is 0 Å². The molecule has 0 aromatic rings.